The third kappa shape index (κ3) is 3.95. The summed E-state index contributed by atoms with van der Waals surface area (Å²) >= 11 is 4.25. The van der Waals surface area contributed by atoms with Crippen molar-refractivity contribution in [3.8, 4) is 21.4 Å². The van der Waals surface area contributed by atoms with Crippen molar-refractivity contribution >= 4 is 40.0 Å². The predicted octanol–water partition coefficient (Wildman–Crippen LogP) is 4.26. The van der Waals surface area contributed by atoms with Crippen LogP contribution in [0.3, 0.4) is 0 Å². The highest BCUT2D eigenvalue weighted by molar-refractivity contribution is 7.16. The van der Waals surface area contributed by atoms with Gasteiger partial charge < -0.3 is 9.84 Å². The number of nitrogens with zero attached hydrogens (tertiary/aromatic N) is 3. The fourth-order valence-electron chi connectivity index (χ4n) is 1.99. The quantitative estimate of drug-likeness (QED) is 0.628. The van der Waals surface area contributed by atoms with E-state index < -0.39 is 12.1 Å². The number of hydrogen-bond donors (Lipinski definition) is 1. The van der Waals surface area contributed by atoms with Crippen LogP contribution in [0.2, 0.25) is 0 Å². The Labute approximate surface area is 157 Å². The van der Waals surface area contributed by atoms with E-state index in [1.165, 1.54) is 34.0 Å². The molecule has 0 spiro atoms. The van der Waals surface area contributed by atoms with Gasteiger partial charge in [0.05, 0.1) is 6.61 Å². The van der Waals surface area contributed by atoms with E-state index in [-0.39, 0.29) is 5.92 Å². The molecule has 0 radical (unpaired) electrons. The molecular weight excluding hydrogens is 378 g/mol. The fourth-order valence-corrected chi connectivity index (χ4v) is 4.61. The molecule has 0 aliphatic rings. The highest BCUT2D eigenvalue weighted by atomic mass is 32.1. The first-order valence-corrected chi connectivity index (χ1v) is 10.4. The van der Waals surface area contributed by atoms with E-state index in [1.807, 2.05) is 24.6 Å². The Hall–Kier alpha value is -1.68. The van der Waals surface area contributed by atoms with E-state index in [1.54, 1.807) is 12.3 Å². The van der Waals surface area contributed by atoms with Gasteiger partial charge in [0.15, 0.2) is 5.69 Å². The van der Waals surface area contributed by atoms with Crippen LogP contribution in [0, 0.1) is 5.92 Å². The van der Waals surface area contributed by atoms with Crippen molar-refractivity contribution < 1.29 is 14.6 Å². The van der Waals surface area contributed by atoms with E-state index in [9.17, 15) is 9.90 Å². The molecule has 3 rings (SSSR count). The molecule has 1 N–H and O–H groups in total. The van der Waals surface area contributed by atoms with Gasteiger partial charge in [-0.2, -0.15) is 0 Å². The maximum atomic E-state index is 11.7. The summed E-state index contributed by atoms with van der Waals surface area (Å²) < 4.78 is 4.95. The number of carbonyl (C=O) groups excluding carboxylic acids is 1. The second kappa shape index (κ2) is 7.69. The van der Waals surface area contributed by atoms with Gasteiger partial charge in [-0.15, -0.1) is 34.0 Å². The zero-order chi connectivity index (χ0) is 18.0. The number of rotatable bonds is 6. The van der Waals surface area contributed by atoms with Gasteiger partial charge in [0.2, 0.25) is 0 Å². The second-order valence-electron chi connectivity index (χ2n) is 5.56. The van der Waals surface area contributed by atoms with Crippen LogP contribution in [-0.2, 0) is 4.74 Å². The number of hydrogen-bond acceptors (Lipinski definition) is 9. The van der Waals surface area contributed by atoms with Gasteiger partial charge in [-0.3, -0.25) is 0 Å². The van der Waals surface area contributed by atoms with Crippen molar-refractivity contribution in [3.05, 3.63) is 26.8 Å². The van der Waals surface area contributed by atoms with Crippen LogP contribution < -0.4 is 0 Å². The van der Waals surface area contributed by atoms with Gasteiger partial charge >= 0.3 is 5.97 Å². The Morgan fingerprint density at radius 1 is 1.08 bits per heavy atom. The van der Waals surface area contributed by atoms with Crippen molar-refractivity contribution in [2.45, 2.75) is 26.9 Å². The van der Waals surface area contributed by atoms with Gasteiger partial charge in [-0.25, -0.2) is 19.7 Å². The molecule has 0 unspecified atom stereocenters. The molecule has 3 aromatic heterocycles. The molecule has 0 aromatic carbocycles. The van der Waals surface area contributed by atoms with E-state index in [2.05, 4.69) is 15.0 Å². The Kier molecular flexibility index (Phi) is 5.57. The van der Waals surface area contributed by atoms with E-state index in [4.69, 9.17) is 4.74 Å². The molecule has 25 heavy (non-hydrogen) atoms. The van der Waals surface area contributed by atoms with Crippen LogP contribution in [0.1, 0.15) is 42.4 Å². The van der Waals surface area contributed by atoms with Gasteiger partial charge in [-0.05, 0) is 12.8 Å². The smallest absolute Gasteiger partial charge is 0.357 e. The highest BCUT2D eigenvalue weighted by Crippen LogP contribution is 2.33. The van der Waals surface area contributed by atoms with E-state index in [0.29, 0.717) is 28.0 Å². The third-order valence-corrected chi connectivity index (χ3v) is 5.98. The molecule has 132 valence electrons. The van der Waals surface area contributed by atoms with Gasteiger partial charge in [0, 0.05) is 16.1 Å². The van der Waals surface area contributed by atoms with Crippen LogP contribution >= 0.6 is 34.0 Å². The molecule has 6 nitrogen and oxygen atoms in total. The summed E-state index contributed by atoms with van der Waals surface area (Å²) in [5.74, 6) is -0.310. The molecular formula is C16H17N3O3S3. The first-order valence-electron chi connectivity index (χ1n) is 7.72. The largest absolute Gasteiger partial charge is 0.461 e. The maximum Gasteiger partial charge on any atom is 0.357 e. The summed E-state index contributed by atoms with van der Waals surface area (Å²) in [5, 5.41) is 17.7. The monoisotopic (exact) mass is 395 g/mol. The van der Waals surface area contributed by atoms with E-state index >= 15 is 0 Å². The molecule has 9 heteroatoms. The average Bonchev–Trinajstić information content (AvgIpc) is 3.32. The molecule has 1 atom stereocenters. The van der Waals surface area contributed by atoms with Crippen molar-refractivity contribution in [2.75, 3.05) is 6.61 Å². The molecule has 0 fully saturated rings. The van der Waals surface area contributed by atoms with Crippen molar-refractivity contribution in [1.29, 1.82) is 0 Å². The molecule has 0 aliphatic carbocycles. The molecule has 0 saturated carbocycles. The summed E-state index contributed by atoms with van der Waals surface area (Å²) in [6.45, 7) is 5.99. The number of aliphatic hydroxyl groups excluding tert-OH is 1. The van der Waals surface area contributed by atoms with Gasteiger partial charge in [-0.1, -0.05) is 13.8 Å². The topological polar surface area (TPSA) is 85.2 Å². The maximum absolute atomic E-state index is 11.7. The lowest BCUT2D eigenvalue weighted by molar-refractivity contribution is 0.0520. The summed E-state index contributed by atoms with van der Waals surface area (Å²) in [6, 6.07) is 0. The number of esters is 1. The summed E-state index contributed by atoms with van der Waals surface area (Å²) in [6.07, 6.45) is -0.565. The molecule has 3 aromatic rings. The summed E-state index contributed by atoms with van der Waals surface area (Å²) in [5.41, 5.74) is 1.75. The SMILES string of the molecule is CCOC(=O)c1csc(-c2csc(-c3csc([C@@H](O)C(C)C)n3)n2)n1. The first kappa shape index (κ1) is 18.1. The van der Waals surface area contributed by atoms with Crippen molar-refractivity contribution in [2.24, 2.45) is 5.92 Å². The fraction of sp³-hybridized carbons (Fsp3) is 0.375. The number of aromatic nitrogens is 3. The van der Waals surface area contributed by atoms with Crippen molar-refractivity contribution in [1.82, 2.24) is 15.0 Å². The van der Waals surface area contributed by atoms with Gasteiger partial charge in [0.1, 0.15) is 32.5 Å². The Morgan fingerprint density at radius 2 is 1.72 bits per heavy atom. The Balaban J connectivity index is 1.80. The predicted molar refractivity (Wildman–Crippen MR) is 100 cm³/mol. The number of ether oxygens (including phenoxy) is 1. The molecule has 0 amide bonds. The normalized spacial score (nSPS) is 12.5. The standard InChI is InChI=1S/C16H17N3O3S3/c1-4-22-16(21)11-7-24-14(19-11)9-5-23-13(17-9)10-6-25-15(18-10)12(20)8(2)3/h5-8,12,20H,4H2,1-3H3/t12-/m0/s1. The van der Waals surface area contributed by atoms with Crippen LogP contribution in [0.5, 0.6) is 0 Å². The minimum Gasteiger partial charge on any atom is -0.461 e. The van der Waals surface area contributed by atoms with Crippen LogP contribution in [0.25, 0.3) is 21.4 Å². The number of aliphatic hydroxyl groups is 1. The lowest BCUT2D eigenvalue weighted by Gasteiger charge is -2.10. The zero-order valence-electron chi connectivity index (χ0n) is 13.9. The average molecular weight is 396 g/mol. The lowest BCUT2D eigenvalue weighted by Crippen LogP contribution is -2.04. The van der Waals surface area contributed by atoms with E-state index in [0.717, 1.165) is 10.7 Å². The first-order chi connectivity index (χ1) is 12.0. The van der Waals surface area contributed by atoms with Crippen LogP contribution in [-0.4, -0.2) is 32.6 Å². The highest BCUT2D eigenvalue weighted by Gasteiger charge is 2.19. The lowest BCUT2D eigenvalue weighted by atomic mass is 10.1. The summed E-state index contributed by atoms with van der Waals surface area (Å²) in [7, 11) is 0. The Morgan fingerprint density at radius 3 is 2.44 bits per heavy atom. The van der Waals surface area contributed by atoms with Crippen LogP contribution in [0.4, 0.5) is 0 Å². The minimum absolute atomic E-state index is 0.113. The molecule has 0 aliphatic heterocycles. The minimum atomic E-state index is -0.565. The number of thiazole rings is 3. The molecule has 3 heterocycles. The van der Waals surface area contributed by atoms with Gasteiger partial charge in [0.25, 0.3) is 0 Å². The molecule has 0 saturated heterocycles. The summed E-state index contributed by atoms with van der Waals surface area (Å²) in [4.78, 5) is 25.1. The zero-order valence-corrected chi connectivity index (χ0v) is 16.4. The second-order valence-corrected chi connectivity index (χ2v) is 8.16. The molecule has 0 bridgehead atoms. The Bertz CT molecular complexity index is 869. The van der Waals surface area contributed by atoms with Crippen molar-refractivity contribution in [3.63, 3.8) is 0 Å². The van der Waals surface area contributed by atoms with Crippen LogP contribution in [0.15, 0.2) is 16.1 Å². The number of carbonyl (C=O) groups is 1. The third-order valence-electron chi connectivity index (χ3n) is 3.34.